The molecule has 1 unspecified atom stereocenters. The van der Waals surface area contributed by atoms with Crippen LogP contribution in [0.4, 0.5) is 0 Å². The third-order valence-electron chi connectivity index (χ3n) is 2.38. The van der Waals surface area contributed by atoms with Crippen LogP contribution in [-0.2, 0) is 0 Å². The molecule has 1 atom stereocenters. The second-order valence-electron chi connectivity index (χ2n) is 3.49. The molecule has 2 nitrogen and oxygen atoms in total. The van der Waals surface area contributed by atoms with Crippen LogP contribution in [0.25, 0.3) is 0 Å². The first-order chi connectivity index (χ1) is 6.26. The van der Waals surface area contributed by atoms with Crippen molar-refractivity contribution in [3.63, 3.8) is 0 Å². The number of thioether (sulfide) groups is 1. The highest BCUT2D eigenvalue weighted by atomic mass is 32.2. The van der Waals surface area contributed by atoms with Gasteiger partial charge >= 0.3 is 0 Å². The smallest absolute Gasteiger partial charge is 0.0886 e. The summed E-state index contributed by atoms with van der Waals surface area (Å²) < 4.78 is 0. The average molecular weight is 200 g/mol. The summed E-state index contributed by atoms with van der Waals surface area (Å²) in [7, 11) is 0. The number of allylic oxidation sites excluding steroid dienone is 1. The van der Waals surface area contributed by atoms with Gasteiger partial charge in [-0.3, -0.25) is 0 Å². The molecular weight excluding hydrogens is 180 g/mol. The van der Waals surface area contributed by atoms with Crippen molar-refractivity contribution in [3.8, 4) is 0 Å². The topological polar surface area (TPSA) is 24.1 Å². The van der Waals surface area contributed by atoms with Crippen LogP contribution < -0.4 is 10.6 Å². The summed E-state index contributed by atoms with van der Waals surface area (Å²) in [5, 5.41) is 9.72. The van der Waals surface area contributed by atoms with E-state index in [1.165, 1.54) is 18.5 Å². The Morgan fingerprint density at radius 2 is 2.23 bits per heavy atom. The molecule has 0 amide bonds. The molecule has 0 saturated carbocycles. The SMILES string of the molecule is CCC(CC)NCC1NC(C)=CS1. The van der Waals surface area contributed by atoms with Gasteiger partial charge in [0.05, 0.1) is 5.37 Å². The first-order valence-electron chi connectivity index (χ1n) is 5.08. The van der Waals surface area contributed by atoms with Crippen molar-refractivity contribution in [1.29, 1.82) is 0 Å². The van der Waals surface area contributed by atoms with Gasteiger partial charge in [0.25, 0.3) is 0 Å². The number of hydrogen-bond acceptors (Lipinski definition) is 3. The van der Waals surface area contributed by atoms with E-state index >= 15 is 0 Å². The van der Waals surface area contributed by atoms with Gasteiger partial charge in [-0.25, -0.2) is 0 Å². The molecule has 0 aliphatic carbocycles. The molecule has 3 heteroatoms. The molecule has 2 N–H and O–H groups in total. The zero-order valence-electron chi connectivity index (χ0n) is 8.76. The van der Waals surface area contributed by atoms with Crippen LogP contribution >= 0.6 is 11.8 Å². The molecule has 0 aromatic carbocycles. The Hall–Kier alpha value is -0.150. The normalized spacial score (nSPS) is 21.8. The Kier molecular flexibility index (Phi) is 4.67. The van der Waals surface area contributed by atoms with Crippen molar-refractivity contribution in [2.45, 2.75) is 45.0 Å². The van der Waals surface area contributed by atoms with Crippen LogP contribution in [0.15, 0.2) is 11.1 Å². The number of hydrogen-bond donors (Lipinski definition) is 2. The van der Waals surface area contributed by atoms with Gasteiger partial charge in [-0.2, -0.15) is 0 Å². The average Bonchev–Trinajstić information content (AvgIpc) is 2.53. The second-order valence-corrected chi connectivity index (χ2v) is 4.57. The van der Waals surface area contributed by atoms with E-state index in [1.807, 2.05) is 11.8 Å². The summed E-state index contributed by atoms with van der Waals surface area (Å²) >= 11 is 1.88. The summed E-state index contributed by atoms with van der Waals surface area (Å²) in [6.45, 7) is 7.65. The monoisotopic (exact) mass is 200 g/mol. The maximum absolute atomic E-state index is 3.56. The third-order valence-corrected chi connectivity index (χ3v) is 3.48. The fourth-order valence-electron chi connectivity index (χ4n) is 1.46. The van der Waals surface area contributed by atoms with Gasteiger partial charge in [0.1, 0.15) is 0 Å². The van der Waals surface area contributed by atoms with Crippen molar-refractivity contribution >= 4 is 11.8 Å². The molecule has 76 valence electrons. The quantitative estimate of drug-likeness (QED) is 0.712. The Morgan fingerprint density at radius 3 is 2.69 bits per heavy atom. The lowest BCUT2D eigenvalue weighted by Gasteiger charge is -2.18. The molecular formula is C10H20N2S. The maximum atomic E-state index is 3.56. The van der Waals surface area contributed by atoms with Gasteiger partial charge < -0.3 is 10.6 Å². The fourth-order valence-corrected chi connectivity index (χ4v) is 2.34. The minimum absolute atomic E-state index is 0.542. The van der Waals surface area contributed by atoms with Gasteiger partial charge in [-0.15, -0.1) is 11.8 Å². The number of nitrogens with one attached hydrogen (secondary N) is 2. The summed E-state index contributed by atoms with van der Waals surface area (Å²) in [6.07, 6.45) is 2.45. The molecule has 13 heavy (non-hydrogen) atoms. The first kappa shape index (κ1) is 10.9. The van der Waals surface area contributed by atoms with E-state index in [1.54, 1.807) is 0 Å². The van der Waals surface area contributed by atoms with E-state index in [0.717, 1.165) is 6.54 Å². The fraction of sp³-hybridized carbons (Fsp3) is 0.800. The van der Waals surface area contributed by atoms with E-state index in [4.69, 9.17) is 0 Å². The Balaban J connectivity index is 2.13. The summed E-state index contributed by atoms with van der Waals surface area (Å²) in [4.78, 5) is 0. The molecule has 1 aliphatic rings. The summed E-state index contributed by atoms with van der Waals surface area (Å²) in [5.41, 5.74) is 1.29. The van der Waals surface area contributed by atoms with Crippen molar-refractivity contribution in [3.05, 3.63) is 11.1 Å². The van der Waals surface area contributed by atoms with Gasteiger partial charge in [0.2, 0.25) is 0 Å². The standard InChI is InChI=1S/C10H20N2S/c1-4-9(5-2)11-6-10-12-8(3)7-13-10/h7,9-12H,4-6H2,1-3H3. The molecule has 1 aliphatic heterocycles. The predicted octanol–water partition coefficient (Wildman–Crippen LogP) is 2.29. The van der Waals surface area contributed by atoms with Crippen LogP contribution in [0.2, 0.25) is 0 Å². The van der Waals surface area contributed by atoms with E-state index in [-0.39, 0.29) is 0 Å². The van der Waals surface area contributed by atoms with Crippen LogP contribution in [0.1, 0.15) is 33.6 Å². The highest BCUT2D eigenvalue weighted by Crippen LogP contribution is 2.19. The van der Waals surface area contributed by atoms with Crippen LogP contribution in [0.5, 0.6) is 0 Å². The molecule has 1 rings (SSSR count). The first-order valence-corrected chi connectivity index (χ1v) is 6.02. The van der Waals surface area contributed by atoms with Crippen LogP contribution in [0, 0.1) is 0 Å². The maximum Gasteiger partial charge on any atom is 0.0886 e. The Bertz CT molecular complexity index is 176. The Morgan fingerprint density at radius 1 is 1.54 bits per heavy atom. The zero-order chi connectivity index (χ0) is 9.68. The highest BCUT2D eigenvalue weighted by molar-refractivity contribution is 8.03. The molecule has 0 saturated heterocycles. The predicted molar refractivity (Wildman–Crippen MR) is 60.6 cm³/mol. The van der Waals surface area contributed by atoms with E-state index in [2.05, 4.69) is 36.8 Å². The molecule has 0 radical (unpaired) electrons. The molecule has 0 aromatic heterocycles. The van der Waals surface area contributed by atoms with E-state index in [9.17, 15) is 0 Å². The highest BCUT2D eigenvalue weighted by Gasteiger charge is 2.14. The lowest BCUT2D eigenvalue weighted by Crippen LogP contribution is -2.37. The molecule has 0 spiro atoms. The second kappa shape index (κ2) is 5.55. The van der Waals surface area contributed by atoms with E-state index < -0.39 is 0 Å². The lowest BCUT2D eigenvalue weighted by molar-refractivity contribution is 0.475. The van der Waals surface area contributed by atoms with Gasteiger partial charge in [0, 0.05) is 18.3 Å². The zero-order valence-corrected chi connectivity index (χ0v) is 9.58. The molecule has 1 heterocycles. The van der Waals surface area contributed by atoms with Gasteiger partial charge in [-0.05, 0) is 25.2 Å². The minimum atomic E-state index is 0.542. The minimum Gasteiger partial charge on any atom is -0.375 e. The van der Waals surface area contributed by atoms with Gasteiger partial charge in [-0.1, -0.05) is 13.8 Å². The third kappa shape index (κ3) is 3.61. The number of rotatable bonds is 5. The van der Waals surface area contributed by atoms with Crippen molar-refractivity contribution < 1.29 is 0 Å². The lowest BCUT2D eigenvalue weighted by atomic mass is 10.2. The Labute approximate surface area is 85.6 Å². The van der Waals surface area contributed by atoms with Crippen molar-refractivity contribution in [1.82, 2.24) is 10.6 Å². The molecule has 0 fully saturated rings. The van der Waals surface area contributed by atoms with Crippen molar-refractivity contribution in [2.75, 3.05) is 6.54 Å². The van der Waals surface area contributed by atoms with Crippen molar-refractivity contribution in [2.24, 2.45) is 0 Å². The van der Waals surface area contributed by atoms with E-state index in [0.29, 0.717) is 11.4 Å². The van der Waals surface area contributed by atoms with Gasteiger partial charge in [0.15, 0.2) is 0 Å². The van der Waals surface area contributed by atoms with Crippen LogP contribution in [-0.4, -0.2) is 18.0 Å². The molecule has 0 bridgehead atoms. The van der Waals surface area contributed by atoms with Crippen LogP contribution in [0.3, 0.4) is 0 Å². The largest absolute Gasteiger partial charge is 0.375 e. The summed E-state index contributed by atoms with van der Waals surface area (Å²) in [5.74, 6) is 0. The molecule has 0 aromatic rings. The summed E-state index contributed by atoms with van der Waals surface area (Å²) in [6, 6.07) is 0.684.